The van der Waals surface area contributed by atoms with Crippen LogP contribution in [0.1, 0.15) is 58.1 Å². The summed E-state index contributed by atoms with van der Waals surface area (Å²) in [5.74, 6) is 1.75. The van der Waals surface area contributed by atoms with Crippen molar-refractivity contribution in [3.63, 3.8) is 0 Å². The van der Waals surface area contributed by atoms with E-state index >= 15 is 0 Å². The van der Waals surface area contributed by atoms with Crippen molar-refractivity contribution >= 4 is 17.2 Å². The Hall–Kier alpha value is -2.01. The van der Waals surface area contributed by atoms with Gasteiger partial charge in [0.2, 0.25) is 0 Å². The molecule has 0 N–H and O–H groups in total. The average Bonchev–Trinajstić information content (AvgIpc) is 3.34. The Bertz CT molecular complexity index is 814. The number of ether oxygens (including phenoxy) is 2. The molecule has 1 aliphatic heterocycles. The van der Waals surface area contributed by atoms with Crippen molar-refractivity contribution in [1.29, 1.82) is 0 Å². The quantitative estimate of drug-likeness (QED) is 0.787. The van der Waals surface area contributed by atoms with Crippen molar-refractivity contribution in [3.05, 3.63) is 45.1 Å². The summed E-state index contributed by atoms with van der Waals surface area (Å²) < 4.78 is 10.9. The average molecular weight is 372 g/mol. The maximum Gasteiger partial charge on any atom is 0.255 e. The lowest BCUT2D eigenvalue weighted by molar-refractivity contribution is 0.0733. The summed E-state index contributed by atoms with van der Waals surface area (Å²) in [5.41, 5.74) is 3.31. The molecule has 4 rings (SSSR count). The zero-order valence-electron chi connectivity index (χ0n) is 15.4. The van der Waals surface area contributed by atoms with Gasteiger partial charge in [-0.15, -0.1) is 11.3 Å². The maximum atomic E-state index is 13.4. The van der Waals surface area contributed by atoms with Crippen LogP contribution >= 0.6 is 11.3 Å². The first-order valence-corrected chi connectivity index (χ1v) is 10.2. The highest BCUT2D eigenvalue weighted by molar-refractivity contribution is 7.10. The number of thiophene rings is 1. The van der Waals surface area contributed by atoms with Crippen LogP contribution in [0.25, 0.3) is 0 Å². The minimum Gasteiger partial charge on any atom is -0.497 e. The van der Waals surface area contributed by atoms with E-state index in [9.17, 15) is 4.79 Å². The molecule has 0 bridgehead atoms. The first-order valence-electron chi connectivity index (χ1n) is 9.35. The summed E-state index contributed by atoms with van der Waals surface area (Å²) in [4.78, 5) is 16.8. The fraction of sp³-hybridized carbons (Fsp3) is 0.476. The van der Waals surface area contributed by atoms with Crippen LogP contribution in [0, 0.1) is 0 Å². The second kappa shape index (κ2) is 7.31. The Morgan fingerprint density at radius 3 is 2.81 bits per heavy atom. The minimum absolute atomic E-state index is 0.0718. The van der Waals surface area contributed by atoms with Crippen LogP contribution < -0.4 is 9.47 Å². The monoisotopic (exact) mass is 371 g/mol. The van der Waals surface area contributed by atoms with Crippen LogP contribution in [0.15, 0.2) is 23.6 Å². The van der Waals surface area contributed by atoms with E-state index in [4.69, 9.17) is 9.47 Å². The number of benzene rings is 1. The molecule has 1 saturated heterocycles. The number of aryl methyl sites for hydroxylation is 1. The number of fused-ring (bicyclic) bond motifs is 1. The summed E-state index contributed by atoms with van der Waals surface area (Å²) in [6.45, 7) is 0.809. The van der Waals surface area contributed by atoms with Gasteiger partial charge in [0.15, 0.2) is 0 Å². The van der Waals surface area contributed by atoms with Crippen molar-refractivity contribution in [1.82, 2.24) is 4.90 Å². The summed E-state index contributed by atoms with van der Waals surface area (Å²) in [6.07, 6.45) is 6.61. The third-order valence-corrected chi connectivity index (χ3v) is 6.69. The Morgan fingerprint density at radius 1 is 1.15 bits per heavy atom. The largest absolute Gasteiger partial charge is 0.497 e. The van der Waals surface area contributed by atoms with Gasteiger partial charge in [-0.3, -0.25) is 4.79 Å². The van der Waals surface area contributed by atoms with Crippen molar-refractivity contribution in [3.8, 4) is 11.5 Å². The van der Waals surface area contributed by atoms with Gasteiger partial charge in [0.25, 0.3) is 5.91 Å². The van der Waals surface area contributed by atoms with Gasteiger partial charge in [0, 0.05) is 28.4 Å². The number of carbonyl (C=O) groups excluding carboxylic acids is 1. The van der Waals surface area contributed by atoms with Gasteiger partial charge in [-0.05, 0) is 56.2 Å². The van der Waals surface area contributed by atoms with Crippen LogP contribution in [0.5, 0.6) is 11.5 Å². The minimum atomic E-state index is 0.0718. The number of likely N-dealkylation sites (tertiary alicyclic amines) is 1. The number of hydrogen-bond acceptors (Lipinski definition) is 4. The molecule has 1 unspecified atom stereocenters. The summed E-state index contributed by atoms with van der Waals surface area (Å²) in [6, 6.07) is 5.97. The highest BCUT2D eigenvalue weighted by Gasteiger charge is 2.34. The lowest BCUT2D eigenvalue weighted by Crippen LogP contribution is -2.31. The van der Waals surface area contributed by atoms with E-state index < -0.39 is 0 Å². The van der Waals surface area contributed by atoms with Gasteiger partial charge < -0.3 is 14.4 Å². The van der Waals surface area contributed by atoms with Crippen LogP contribution in [0.3, 0.4) is 0 Å². The zero-order valence-corrected chi connectivity index (χ0v) is 16.2. The molecule has 1 amide bonds. The SMILES string of the molecule is COc1ccc(C2CCCN2C(=O)c2csc3c2CCCC3)c(OC)c1. The normalized spacial score (nSPS) is 19.3. The molecule has 0 spiro atoms. The van der Waals surface area contributed by atoms with Gasteiger partial charge in [-0.2, -0.15) is 0 Å². The van der Waals surface area contributed by atoms with Gasteiger partial charge >= 0.3 is 0 Å². The second-order valence-corrected chi connectivity index (χ2v) is 7.99. The molecule has 1 atom stereocenters. The van der Waals surface area contributed by atoms with E-state index in [1.165, 1.54) is 23.3 Å². The van der Waals surface area contributed by atoms with Crippen LogP contribution in [0.2, 0.25) is 0 Å². The molecular formula is C21H25NO3S. The molecule has 0 saturated carbocycles. The third kappa shape index (κ3) is 2.98. The third-order valence-electron chi connectivity index (χ3n) is 5.61. The number of amides is 1. The molecule has 2 aromatic rings. The Morgan fingerprint density at radius 2 is 2.00 bits per heavy atom. The molecule has 138 valence electrons. The first kappa shape index (κ1) is 17.4. The molecule has 1 aromatic heterocycles. The highest BCUT2D eigenvalue weighted by atomic mass is 32.1. The summed E-state index contributed by atoms with van der Waals surface area (Å²) in [5, 5.41) is 2.08. The topological polar surface area (TPSA) is 38.8 Å². The van der Waals surface area contributed by atoms with Gasteiger partial charge in [-0.1, -0.05) is 0 Å². The summed E-state index contributed by atoms with van der Waals surface area (Å²) >= 11 is 1.76. The van der Waals surface area contributed by atoms with Gasteiger partial charge in [0.05, 0.1) is 25.8 Å². The molecule has 4 nitrogen and oxygen atoms in total. The van der Waals surface area contributed by atoms with E-state index in [1.807, 2.05) is 23.1 Å². The first-order chi connectivity index (χ1) is 12.7. The molecule has 1 aromatic carbocycles. The zero-order chi connectivity index (χ0) is 18.1. The van der Waals surface area contributed by atoms with Crippen LogP contribution in [-0.2, 0) is 12.8 Å². The highest BCUT2D eigenvalue weighted by Crippen LogP contribution is 2.40. The Balaban J connectivity index is 1.65. The predicted octanol–water partition coefficient (Wildman–Crippen LogP) is 4.62. The molecule has 2 heterocycles. The lowest BCUT2D eigenvalue weighted by atomic mass is 9.95. The van der Waals surface area contributed by atoms with Gasteiger partial charge in [-0.25, -0.2) is 0 Å². The fourth-order valence-corrected chi connectivity index (χ4v) is 5.37. The van der Waals surface area contributed by atoms with Crippen molar-refractivity contribution in [2.75, 3.05) is 20.8 Å². The van der Waals surface area contributed by atoms with Crippen LogP contribution in [0.4, 0.5) is 0 Å². The van der Waals surface area contributed by atoms with E-state index in [-0.39, 0.29) is 11.9 Å². The molecule has 0 radical (unpaired) electrons. The fourth-order valence-electron chi connectivity index (χ4n) is 4.25. The standard InChI is InChI=1S/C21H25NO3S/c1-24-14-9-10-16(19(12-14)25-2)18-7-5-11-22(18)21(23)17-13-26-20-8-4-3-6-15(17)20/h9-10,12-13,18H,3-8,11H2,1-2H3. The number of carbonyl (C=O) groups is 1. The van der Waals surface area contributed by atoms with E-state index in [0.717, 1.165) is 54.9 Å². The molecule has 5 heteroatoms. The lowest BCUT2D eigenvalue weighted by Gasteiger charge is -2.27. The van der Waals surface area contributed by atoms with Crippen LogP contribution in [-0.4, -0.2) is 31.6 Å². The summed E-state index contributed by atoms with van der Waals surface area (Å²) in [7, 11) is 3.33. The Labute approximate surface area is 158 Å². The number of hydrogen-bond donors (Lipinski definition) is 0. The molecular weight excluding hydrogens is 346 g/mol. The van der Waals surface area contributed by atoms with Crippen molar-refractivity contribution < 1.29 is 14.3 Å². The smallest absolute Gasteiger partial charge is 0.255 e. The number of rotatable bonds is 4. The number of methoxy groups -OCH3 is 2. The molecule has 1 aliphatic carbocycles. The van der Waals surface area contributed by atoms with E-state index in [1.54, 1.807) is 25.6 Å². The van der Waals surface area contributed by atoms with E-state index in [0.29, 0.717) is 0 Å². The molecule has 26 heavy (non-hydrogen) atoms. The number of nitrogens with zero attached hydrogens (tertiary/aromatic N) is 1. The molecule has 1 fully saturated rings. The molecule has 2 aliphatic rings. The van der Waals surface area contributed by atoms with E-state index in [2.05, 4.69) is 5.38 Å². The van der Waals surface area contributed by atoms with Crippen molar-refractivity contribution in [2.45, 2.75) is 44.6 Å². The van der Waals surface area contributed by atoms with Gasteiger partial charge in [0.1, 0.15) is 11.5 Å². The second-order valence-electron chi connectivity index (χ2n) is 7.02. The Kier molecular flexibility index (Phi) is 4.90. The van der Waals surface area contributed by atoms with Crippen molar-refractivity contribution in [2.24, 2.45) is 0 Å². The maximum absolute atomic E-state index is 13.4. The predicted molar refractivity (Wildman–Crippen MR) is 104 cm³/mol.